The average molecular weight is 296 g/mol. The lowest BCUT2D eigenvalue weighted by atomic mass is 10.0. The Bertz CT molecular complexity index is 526. The number of hydrogen-bond acceptors (Lipinski definition) is 4. The van der Waals surface area contributed by atoms with Crippen LogP contribution >= 0.6 is 11.8 Å². The molecule has 3 N–H and O–H groups in total. The smallest absolute Gasteiger partial charge is 0.237 e. The molecular formula is C14H17FN2O2S. The van der Waals surface area contributed by atoms with Crippen molar-refractivity contribution in [2.75, 3.05) is 12.3 Å². The zero-order valence-corrected chi connectivity index (χ0v) is 11.8. The second-order valence-corrected chi connectivity index (χ2v) is 6.31. The fourth-order valence-corrected chi connectivity index (χ4v) is 3.87. The largest absolute Gasteiger partial charge is 0.392 e. The Hall–Kier alpha value is -1.11. The number of aliphatic hydroxyl groups is 1. The first kappa shape index (κ1) is 13.9. The lowest BCUT2D eigenvalue weighted by molar-refractivity contribution is -0.123. The SMILES string of the molecule is O=C(NC1CCSc2c(F)cccc21)C1CC(O)CN1. The maximum atomic E-state index is 13.8. The van der Waals surface area contributed by atoms with Gasteiger partial charge in [0.05, 0.1) is 18.2 Å². The zero-order valence-electron chi connectivity index (χ0n) is 10.9. The number of β-amino-alcohol motifs (C(OH)–C–C–N with tert-alkyl or cyclic N) is 1. The predicted octanol–water partition coefficient (Wildman–Crippen LogP) is 1.20. The number of thioether (sulfide) groups is 1. The van der Waals surface area contributed by atoms with Gasteiger partial charge in [0.25, 0.3) is 0 Å². The summed E-state index contributed by atoms with van der Waals surface area (Å²) in [5.74, 6) is 0.453. The van der Waals surface area contributed by atoms with E-state index in [-0.39, 0.29) is 23.8 Å². The summed E-state index contributed by atoms with van der Waals surface area (Å²) in [6.07, 6.45) is 0.767. The highest BCUT2D eigenvalue weighted by atomic mass is 32.2. The van der Waals surface area contributed by atoms with Gasteiger partial charge in [-0.3, -0.25) is 4.79 Å². The van der Waals surface area contributed by atoms with Crippen molar-refractivity contribution in [3.8, 4) is 0 Å². The second-order valence-electron chi connectivity index (χ2n) is 5.21. The summed E-state index contributed by atoms with van der Waals surface area (Å²) in [5.41, 5.74) is 0.855. The van der Waals surface area contributed by atoms with Crippen LogP contribution in [0.5, 0.6) is 0 Å². The first-order valence-corrected chi connectivity index (χ1v) is 7.76. The van der Waals surface area contributed by atoms with Gasteiger partial charge >= 0.3 is 0 Å². The van der Waals surface area contributed by atoms with Gasteiger partial charge in [-0.05, 0) is 24.5 Å². The van der Waals surface area contributed by atoms with Crippen LogP contribution in [0.25, 0.3) is 0 Å². The van der Waals surface area contributed by atoms with Crippen LogP contribution in [0.4, 0.5) is 4.39 Å². The topological polar surface area (TPSA) is 61.4 Å². The van der Waals surface area contributed by atoms with Crippen molar-refractivity contribution in [3.63, 3.8) is 0 Å². The van der Waals surface area contributed by atoms with Crippen molar-refractivity contribution >= 4 is 17.7 Å². The van der Waals surface area contributed by atoms with Crippen molar-refractivity contribution in [2.24, 2.45) is 0 Å². The minimum atomic E-state index is -0.461. The van der Waals surface area contributed by atoms with Gasteiger partial charge in [0.15, 0.2) is 0 Å². The number of amides is 1. The van der Waals surface area contributed by atoms with Crippen molar-refractivity contribution < 1.29 is 14.3 Å². The van der Waals surface area contributed by atoms with E-state index in [1.807, 2.05) is 6.07 Å². The molecule has 4 nitrogen and oxygen atoms in total. The molecule has 1 fully saturated rings. The van der Waals surface area contributed by atoms with Gasteiger partial charge in [-0.1, -0.05) is 12.1 Å². The number of aliphatic hydroxyl groups excluding tert-OH is 1. The standard InChI is InChI=1S/C14H17FN2O2S/c15-10-3-1-2-9-11(4-5-20-13(9)10)17-14(19)12-6-8(18)7-16-12/h1-3,8,11-12,16,18H,4-7H2,(H,17,19). The zero-order chi connectivity index (χ0) is 14.1. The summed E-state index contributed by atoms with van der Waals surface area (Å²) < 4.78 is 13.8. The predicted molar refractivity (Wildman–Crippen MR) is 75.0 cm³/mol. The van der Waals surface area contributed by atoms with Crippen molar-refractivity contribution in [1.29, 1.82) is 0 Å². The van der Waals surface area contributed by atoms with E-state index in [0.717, 1.165) is 17.7 Å². The number of rotatable bonds is 2. The van der Waals surface area contributed by atoms with Gasteiger partial charge in [0.1, 0.15) is 5.82 Å². The molecule has 3 unspecified atom stereocenters. The van der Waals surface area contributed by atoms with Crippen LogP contribution in [0.2, 0.25) is 0 Å². The fraction of sp³-hybridized carbons (Fsp3) is 0.500. The molecular weight excluding hydrogens is 279 g/mol. The Morgan fingerprint density at radius 1 is 1.50 bits per heavy atom. The molecule has 0 radical (unpaired) electrons. The van der Waals surface area contributed by atoms with E-state index in [4.69, 9.17) is 0 Å². The lowest BCUT2D eigenvalue weighted by Crippen LogP contribution is -2.42. The third-order valence-electron chi connectivity index (χ3n) is 3.77. The number of hydrogen-bond donors (Lipinski definition) is 3. The van der Waals surface area contributed by atoms with E-state index in [0.29, 0.717) is 17.9 Å². The molecule has 0 spiro atoms. The number of halogens is 1. The maximum absolute atomic E-state index is 13.8. The maximum Gasteiger partial charge on any atom is 0.237 e. The van der Waals surface area contributed by atoms with Gasteiger partial charge in [-0.15, -0.1) is 11.8 Å². The van der Waals surface area contributed by atoms with Crippen LogP contribution in [0, 0.1) is 5.82 Å². The highest BCUT2D eigenvalue weighted by Crippen LogP contribution is 2.37. The Kier molecular flexibility index (Phi) is 3.96. The molecule has 1 aromatic rings. The Labute approximate surface area is 121 Å². The third kappa shape index (κ3) is 2.68. The number of benzene rings is 1. The normalized spacial score (nSPS) is 29.0. The molecule has 0 bridgehead atoms. The van der Waals surface area contributed by atoms with Gasteiger partial charge in [-0.2, -0.15) is 0 Å². The van der Waals surface area contributed by atoms with E-state index < -0.39 is 6.10 Å². The van der Waals surface area contributed by atoms with Gasteiger partial charge in [0.2, 0.25) is 5.91 Å². The molecule has 1 saturated heterocycles. The van der Waals surface area contributed by atoms with Crippen molar-refractivity contribution in [2.45, 2.75) is 35.9 Å². The van der Waals surface area contributed by atoms with E-state index in [9.17, 15) is 14.3 Å². The molecule has 6 heteroatoms. The van der Waals surface area contributed by atoms with Crippen LogP contribution in [0.1, 0.15) is 24.4 Å². The van der Waals surface area contributed by atoms with Crippen LogP contribution in [0.3, 0.4) is 0 Å². The quantitative estimate of drug-likeness (QED) is 0.767. The molecule has 2 aliphatic heterocycles. The summed E-state index contributed by atoms with van der Waals surface area (Å²) in [7, 11) is 0. The van der Waals surface area contributed by atoms with Crippen molar-refractivity contribution in [1.82, 2.24) is 10.6 Å². The summed E-state index contributed by atoms with van der Waals surface area (Å²) in [5, 5.41) is 15.4. The highest BCUT2D eigenvalue weighted by molar-refractivity contribution is 7.99. The first-order valence-electron chi connectivity index (χ1n) is 6.78. The molecule has 20 heavy (non-hydrogen) atoms. The molecule has 0 aromatic heterocycles. The van der Waals surface area contributed by atoms with E-state index in [2.05, 4.69) is 10.6 Å². The first-order chi connectivity index (χ1) is 9.65. The minimum absolute atomic E-state index is 0.117. The lowest BCUT2D eigenvalue weighted by Gasteiger charge is -2.27. The molecule has 0 saturated carbocycles. The summed E-state index contributed by atoms with van der Waals surface area (Å²) in [6, 6.07) is 4.50. The van der Waals surface area contributed by atoms with Crippen LogP contribution in [-0.2, 0) is 4.79 Å². The average Bonchev–Trinajstić information content (AvgIpc) is 2.87. The minimum Gasteiger partial charge on any atom is -0.392 e. The second kappa shape index (κ2) is 5.71. The van der Waals surface area contributed by atoms with E-state index in [1.54, 1.807) is 6.07 Å². The van der Waals surface area contributed by atoms with Crippen LogP contribution in [0.15, 0.2) is 23.1 Å². The molecule has 3 atom stereocenters. The molecule has 2 aliphatic rings. The summed E-state index contributed by atoms with van der Waals surface area (Å²) in [6.45, 7) is 0.448. The Morgan fingerprint density at radius 2 is 2.35 bits per heavy atom. The Balaban J connectivity index is 1.73. The fourth-order valence-electron chi connectivity index (χ4n) is 2.73. The van der Waals surface area contributed by atoms with E-state index >= 15 is 0 Å². The molecule has 1 aromatic carbocycles. The van der Waals surface area contributed by atoms with Crippen LogP contribution in [-0.4, -0.2) is 35.5 Å². The molecule has 108 valence electrons. The number of nitrogens with one attached hydrogen (secondary N) is 2. The van der Waals surface area contributed by atoms with Crippen molar-refractivity contribution in [3.05, 3.63) is 29.6 Å². The number of carbonyl (C=O) groups is 1. The van der Waals surface area contributed by atoms with Gasteiger partial charge in [-0.25, -0.2) is 4.39 Å². The molecule has 3 rings (SSSR count). The van der Waals surface area contributed by atoms with Gasteiger partial charge in [0, 0.05) is 17.2 Å². The molecule has 1 amide bonds. The summed E-state index contributed by atoms with van der Waals surface area (Å²) in [4.78, 5) is 12.8. The van der Waals surface area contributed by atoms with Gasteiger partial charge < -0.3 is 15.7 Å². The number of carbonyl (C=O) groups excluding carboxylic acids is 1. The monoisotopic (exact) mass is 296 g/mol. The third-order valence-corrected chi connectivity index (χ3v) is 4.93. The van der Waals surface area contributed by atoms with E-state index in [1.165, 1.54) is 17.8 Å². The highest BCUT2D eigenvalue weighted by Gasteiger charge is 2.31. The molecule has 0 aliphatic carbocycles. The summed E-state index contributed by atoms with van der Waals surface area (Å²) >= 11 is 1.50. The number of fused-ring (bicyclic) bond motifs is 1. The Morgan fingerprint density at radius 3 is 3.10 bits per heavy atom. The molecule has 2 heterocycles. The van der Waals surface area contributed by atoms with Crippen LogP contribution < -0.4 is 10.6 Å².